The Labute approximate surface area is 149 Å². The summed E-state index contributed by atoms with van der Waals surface area (Å²) in [5, 5.41) is 0. The summed E-state index contributed by atoms with van der Waals surface area (Å²) in [6, 6.07) is 0. The van der Waals surface area contributed by atoms with Gasteiger partial charge < -0.3 is 9.79 Å². The van der Waals surface area contributed by atoms with Crippen molar-refractivity contribution in [2.75, 3.05) is 0 Å². The molecule has 0 aromatic rings. The Bertz CT molecular complexity index is 667. The minimum absolute atomic E-state index is 0.135. The van der Waals surface area contributed by atoms with Crippen LogP contribution in [0.2, 0.25) is 0 Å². The molecule has 0 spiro atoms. The fourth-order valence-corrected chi connectivity index (χ4v) is 7.53. The molecule has 0 aromatic carbocycles. The second kappa shape index (κ2) is 5.76. The molecule has 5 nitrogen and oxygen atoms in total. The van der Waals surface area contributed by atoms with Gasteiger partial charge in [-0.2, -0.15) is 0 Å². The van der Waals surface area contributed by atoms with Gasteiger partial charge >= 0.3 is 7.82 Å². The molecule has 4 aliphatic carbocycles. The van der Waals surface area contributed by atoms with Crippen LogP contribution in [0.25, 0.3) is 0 Å². The number of ketones is 1. The minimum Gasteiger partial charge on any atom is -0.303 e. The lowest BCUT2D eigenvalue weighted by atomic mass is 9.47. The van der Waals surface area contributed by atoms with Crippen molar-refractivity contribution in [1.29, 1.82) is 0 Å². The predicted molar refractivity (Wildman–Crippen MR) is 93.6 cm³/mol. The summed E-state index contributed by atoms with van der Waals surface area (Å²) in [6.07, 6.45) is 9.08. The average molecular weight is 368 g/mol. The van der Waals surface area contributed by atoms with Crippen LogP contribution in [0.1, 0.15) is 65.2 Å². The van der Waals surface area contributed by atoms with E-state index in [1.165, 1.54) is 5.57 Å². The lowest BCUT2D eigenvalue weighted by Crippen LogP contribution is -2.51. The summed E-state index contributed by atoms with van der Waals surface area (Å²) in [6.45, 7) is 4.53. The maximum atomic E-state index is 11.9. The molecule has 25 heavy (non-hydrogen) atoms. The van der Waals surface area contributed by atoms with Gasteiger partial charge in [-0.25, -0.2) is 4.57 Å². The highest BCUT2D eigenvalue weighted by molar-refractivity contribution is 7.46. The molecule has 4 aliphatic rings. The van der Waals surface area contributed by atoms with Gasteiger partial charge in [-0.1, -0.05) is 19.4 Å². The van der Waals surface area contributed by atoms with E-state index in [1.807, 2.05) is 6.08 Å². The monoisotopic (exact) mass is 368 g/mol. The highest BCUT2D eigenvalue weighted by atomic mass is 31.2. The van der Waals surface area contributed by atoms with Crippen molar-refractivity contribution in [2.45, 2.75) is 71.3 Å². The second-order valence-corrected chi connectivity index (χ2v) is 10.4. The van der Waals surface area contributed by atoms with Gasteiger partial charge in [0.25, 0.3) is 0 Å². The molecule has 4 rings (SSSR count). The van der Waals surface area contributed by atoms with Gasteiger partial charge in [-0.15, -0.1) is 0 Å². The van der Waals surface area contributed by atoms with Crippen molar-refractivity contribution in [1.82, 2.24) is 0 Å². The number of carbonyl (C=O) groups excluding carboxylic acids is 1. The first-order valence-electron chi connectivity index (χ1n) is 9.61. The summed E-state index contributed by atoms with van der Waals surface area (Å²) < 4.78 is 16.6. The van der Waals surface area contributed by atoms with E-state index in [0.29, 0.717) is 24.2 Å². The molecule has 6 heteroatoms. The van der Waals surface area contributed by atoms with Crippen LogP contribution in [0.5, 0.6) is 0 Å². The summed E-state index contributed by atoms with van der Waals surface area (Å²) in [5.41, 5.74) is 1.36. The van der Waals surface area contributed by atoms with Crippen LogP contribution in [0.15, 0.2) is 11.6 Å². The van der Waals surface area contributed by atoms with E-state index in [4.69, 9.17) is 4.52 Å². The normalized spacial score (nSPS) is 46.9. The van der Waals surface area contributed by atoms with E-state index in [0.717, 1.165) is 44.9 Å². The molecule has 0 bridgehead atoms. The molecule has 0 heterocycles. The van der Waals surface area contributed by atoms with E-state index in [2.05, 4.69) is 13.8 Å². The van der Waals surface area contributed by atoms with Gasteiger partial charge in [0.05, 0.1) is 6.10 Å². The highest BCUT2D eigenvalue weighted by Crippen LogP contribution is 2.66. The molecule has 3 fully saturated rings. The number of hydrogen-bond acceptors (Lipinski definition) is 3. The maximum Gasteiger partial charge on any atom is 0.469 e. The Morgan fingerprint density at radius 1 is 1.08 bits per heavy atom. The number of hydrogen-bond donors (Lipinski definition) is 2. The van der Waals surface area contributed by atoms with Crippen LogP contribution < -0.4 is 0 Å². The first-order chi connectivity index (χ1) is 11.6. The third-order valence-corrected chi connectivity index (χ3v) is 8.67. The van der Waals surface area contributed by atoms with Crippen molar-refractivity contribution in [3.05, 3.63) is 11.6 Å². The Balaban J connectivity index is 1.61. The summed E-state index contributed by atoms with van der Waals surface area (Å²) >= 11 is 0. The lowest BCUT2D eigenvalue weighted by Gasteiger charge is -2.57. The number of phosphoric acid groups is 1. The molecule has 2 N–H and O–H groups in total. The average Bonchev–Trinajstić information content (AvgIpc) is 2.83. The second-order valence-electron chi connectivity index (χ2n) is 9.18. The van der Waals surface area contributed by atoms with E-state index in [-0.39, 0.29) is 22.7 Å². The van der Waals surface area contributed by atoms with Gasteiger partial charge in [0.15, 0.2) is 5.78 Å². The Hall–Kier alpha value is -0.480. The summed E-state index contributed by atoms with van der Waals surface area (Å²) in [4.78, 5) is 30.4. The molecule has 0 radical (unpaired) electrons. The van der Waals surface area contributed by atoms with Crippen LogP contribution >= 0.6 is 7.82 Å². The zero-order valence-electron chi connectivity index (χ0n) is 15.1. The van der Waals surface area contributed by atoms with Crippen molar-refractivity contribution < 1.29 is 23.7 Å². The van der Waals surface area contributed by atoms with Crippen LogP contribution in [0, 0.1) is 28.6 Å². The van der Waals surface area contributed by atoms with Gasteiger partial charge in [0.2, 0.25) is 0 Å². The largest absolute Gasteiger partial charge is 0.469 e. The number of carbonyl (C=O) groups is 1. The van der Waals surface area contributed by atoms with E-state index in [9.17, 15) is 19.1 Å². The van der Waals surface area contributed by atoms with Crippen LogP contribution in [0.3, 0.4) is 0 Å². The van der Waals surface area contributed by atoms with E-state index >= 15 is 0 Å². The van der Waals surface area contributed by atoms with Crippen molar-refractivity contribution in [2.24, 2.45) is 28.6 Å². The molecule has 3 saturated carbocycles. The number of phosphoric ester groups is 1. The minimum atomic E-state index is -4.45. The first-order valence-corrected chi connectivity index (χ1v) is 11.1. The molecular formula is C19H29O5P. The molecule has 0 aliphatic heterocycles. The van der Waals surface area contributed by atoms with Gasteiger partial charge in [-0.05, 0) is 79.6 Å². The first kappa shape index (κ1) is 17.9. The number of fused-ring (bicyclic) bond motifs is 5. The fraction of sp³-hybridized carbons (Fsp3) is 0.842. The smallest absolute Gasteiger partial charge is 0.303 e. The van der Waals surface area contributed by atoms with Gasteiger partial charge in [0, 0.05) is 6.42 Å². The molecule has 6 atom stereocenters. The van der Waals surface area contributed by atoms with Crippen molar-refractivity contribution in [3.63, 3.8) is 0 Å². The quantitative estimate of drug-likeness (QED) is 0.720. The van der Waals surface area contributed by atoms with E-state index in [1.54, 1.807) is 0 Å². The number of rotatable bonds is 2. The zero-order chi connectivity index (χ0) is 18.0. The van der Waals surface area contributed by atoms with Crippen molar-refractivity contribution in [3.8, 4) is 0 Å². The van der Waals surface area contributed by atoms with Gasteiger partial charge in [0.1, 0.15) is 0 Å². The maximum absolute atomic E-state index is 11.9. The van der Waals surface area contributed by atoms with E-state index < -0.39 is 7.82 Å². The summed E-state index contributed by atoms with van der Waals surface area (Å²) in [7, 11) is -4.45. The van der Waals surface area contributed by atoms with Crippen LogP contribution in [0.4, 0.5) is 0 Å². The highest BCUT2D eigenvalue weighted by Gasteiger charge is 2.60. The lowest BCUT2D eigenvalue weighted by molar-refractivity contribution is -0.117. The number of allylic oxidation sites excluding steroid dienone is 1. The van der Waals surface area contributed by atoms with Crippen molar-refractivity contribution >= 4 is 13.6 Å². The molecule has 0 saturated heterocycles. The molecule has 0 amide bonds. The Morgan fingerprint density at radius 3 is 2.56 bits per heavy atom. The molecule has 140 valence electrons. The fourth-order valence-electron chi connectivity index (χ4n) is 6.85. The van der Waals surface area contributed by atoms with Crippen LogP contribution in [-0.4, -0.2) is 21.7 Å². The molecule has 0 aromatic heterocycles. The molecular weight excluding hydrogens is 339 g/mol. The van der Waals surface area contributed by atoms with Gasteiger partial charge in [-0.3, -0.25) is 9.32 Å². The summed E-state index contributed by atoms with van der Waals surface area (Å²) in [5.74, 6) is 1.92. The third kappa shape index (κ3) is 2.79. The third-order valence-electron chi connectivity index (χ3n) is 8.14. The zero-order valence-corrected chi connectivity index (χ0v) is 16.0. The SMILES string of the molecule is CC12CCC(=O)C=C1CCC1C2CCC2(C)C(OP(=O)(O)O)CCC12. The topological polar surface area (TPSA) is 83.8 Å². The standard InChI is InChI=1S/C19H29O5P/c1-18-9-7-13(20)11-12(18)3-4-14-15-5-6-17(24-25(21,22)23)19(15,2)10-8-16(14)18/h11,14-17H,3-10H2,1-2H3,(H2,21,22,23). The molecule has 6 unspecified atom stereocenters. The Kier molecular flexibility index (Phi) is 4.12. The predicted octanol–water partition coefficient (Wildman–Crippen LogP) is 4.00. The van der Waals surface area contributed by atoms with Crippen LogP contribution in [-0.2, 0) is 13.9 Å². The Morgan fingerprint density at radius 2 is 1.84 bits per heavy atom.